The fraction of sp³-hybridized carbons (Fsp3) is 0.846. The van der Waals surface area contributed by atoms with E-state index in [-0.39, 0.29) is 12.0 Å². The Morgan fingerprint density at radius 3 is 2.33 bits per heavy atom. The molecule has 18 heavy (non-hydrogen) atoms. The van der Waals surface area contributed by atoms with Crippen molar-refractivity contribution in [2.75, 3.05) is 19.6 Å². The first kappa shape index (κ1) is 15.6. The van der Waals surface area contributed by atoms with Crippen LogP contribution in [0.4, 0.5) is 12.9 Å². The Morgan fingerprint density at radius 1 is 1.22 bits per heavy atom. The zero-order valence-electron chi connectivity index (χ0n) is 11.7. The van der Waals surface area contributed by atoms with Gasteiger partial charge in [-0.05, 0) is 50.2 Å². The van der Waals surface area contributed by atoms with E-state index in [1.165, 1.54) is 0 Å². The Labute approximate surface area is 108 Å². The minimum Gasteiger partial charge on any atom is -0.445 e. The average molecular weight is 262 g/mol. The van der Waals surface area contributed by atoms with E-state index in [2.05, 4.69) is 27.4 Å². The molecule has 1 fully saturated rings. The highest BCUT2D eigenvalue weighted by atomic mass is 19.4. The number of hydrogen-bond acceptors (Lipinski definition) is 1. The van der Waals surface area contributed by atoms with Gasteiger partial charge in [0.05, 0.1) is 0 Å². The fourth-order valence-electron chi connectivity index (χ4n) is 2.57. The third-order valence-corrected chi connectivity index (χ3v) is 3.94. The van der Waals surface area contributed by atoms with Crippen molar-refractivity contribution in [2.45, 2.75) is 40.0 Å². The van der Waals surface area contributed by atoms with Gasteiger partial charge in [0.1, 0.15) is 0 Å². The van der Waals surface area contributed by atoms with Gasteiger partial charge in [-0.25, -0.2) is 0 Å². The molecule has 1 nitrogen and oxygen atoms in total. The molecule has 0 saturated carbocycles. The first-order valence-electron chi connectivity index (χ1n) is 6.70. The lowest BCUT2D eigenvalue weighted by atomic mass is 9.76. The molecule has 1 unspecified atom stereocenters. The van der Waals surface area contributed by atoms with E-state index in [0.717, 1.165) is 32.4 Å². The first-order chi connectivity index (χ1) is 8.10. The van der Waals surface area contributed by atoms with Crippen molar-refractivity contribution in [3.05, 3.63) is 12.1 Å². The molecule has 0 aromatic rings. The maximum absolute atomic E-state index is 12.5. The molecule has 1 aliphatic heterocycles. The molecule has 1 heterocycles. The maximum Gasteiger partial charge on any atom is 0.506 e. The highest BCUT2D eigenvalue weighted by Crippen LogP contribution is 2.34. The molecule has 5 heteroatoms. The van der Waals surface area contributed by atoms with Gasteiger partial charge in [0.25, 0.3) is 0 Å². The van der Waals surface area contributed by atoms with Crippen molar-refractivity contribution in [1.82, 2.24) is 4.90 Å². The van der Waals surface area contributed by atoms with E-state index in [1.54, 1.807) is 0 Å². The van der Waals surface area contributed by atoms with Crippen molar-refractivity contribution >= 4 is 6.98 Å². The van der Waals surface area contributed by atoms with E-state index in [1.807, 2.05) is 4.90 Å². The number of hydrogen-bond donors (Lipinski definition) is 0. The molecule has 0 spiro atoms. The molecule has 1 saturated heterocycles. The van der Waals surface area contributed by atoms with Crippen molar-refractivity contribution in [1.29, 1.82) is 0 Å². The zero-order chi connectivity index (χ0) is 14.0. The summed E-state index contributed by atoms with van der Waals surface area (Å²) in [7, 11) is 0. The second kappa shape index (κ2) is 5.68. The zero-order valence-corrected chi connectivity index (χ0v) is 11.7. The number of likely N-dealkylation sites (tertiary alicyclic amines) is 1. The van der Waals surface area contributed by atoms with E-state index >= 15 is 0 Å². The van der Waals surface area contributed by atoms with E-state index in [0.29, 0.717) is 5.92 Å². The molecule has 1 rings (SSSR count). The Morgan fingerprint density at radius 2 is 1.83 bits per heavy atom. The Bertz CT molecular complexity index is 294. The molecule has 106 valence electrons. The smallest absolute Gasteiger partial charge is 0.445 e. The van der Waals surface area contributed by atoms with Gasteiger partial charge in [0, 0.05) is 0 Å². The van der Waals surface area contributed by atoms with Gasteiger partial charge >= 0.3 is 6.98 Å². The summed E-state index contributed by atoms with van der Waals surface area (Å²) in [5.74, 6) is 0.604. The molecule has 0 radical (unpaired) electrons. The van der Waals surface area contributed by atoms with Crippen molar-refractivity contribution < 1.29 is 12.9 Å². The highest BCUT2D eigenvalue weighted by Gasteiger charge is 2.30. The summed E-state index contributed by atoms with van der Waals surface area (Å²) >= 11 is 0. The van der Waals surface area contributed by atoms with Crippen LogP contribution in [-0.2, 0) is 0 Å². The van der Waals surface area contributed by atoms with Crippen LogP contribution in [0.2, 0.25) is 0 Å². The van der Waals surface area contributed by atoms with Crippen LogP contribution in [-0.4, -0.2) is 31.5 Å². The Kier molecular flexibility index (Phi) is 4.93. The van der Waals surface area contributed by atoms with E-state index in [4.69, 9.17) is 0 Å². The van der Waals surface area contributed by atoms with Gasteiger partial charge in [-0.2, -0.15) is 0 Å². The monoisotopic (exact) mass is 262 g/mol. The van der Waals surface area contributed by atoms with Crippen molar-refractivity contribution in [3.8, 4) is 0 Å². The molecular weight excluding hydrogens is 238 g/mol. The molecule has 0 aromatic carbocycles. The third-order valence-electron chi connectivity index (χ3n) is 3.94. The van der Waals surface area contributed by atoms with Gasteiger partial charge in [-0.3, -0.25) is 0 Å². The van der Waals surface area contributed by atoms with Crippen LogP contribution in [0.25, 0.3) is 0 Å². The summed E-state index contributed by atoms with van der Waals surface area (Å²) in [6.45, 7) is 6.44. The summed E-state index contributed by atoms with van der Waals surface area (Å²) in [5, 5.41) is 0. The van der Waals surface area contributed by atoms with E-state index < -0.39 is 12.4 Å². The fourth-order valence-corrected chi connectivity index (χ4v) is 2.57. The molecule has 0 amide bonds. The van der Waals surface area contributed by atoms with Gasteiger partial charge in [-0.1, -0.05) is 20.8 Å². The van der Waals surface area contributed by atoms with Crippen LogP contribution in [0, 0.1) is 11.3 Å². The predicted octanol–water partition coefficient (Wildman–Crippen LogP) is 4.08. The van der Waals surface area contributed by atoms with Gasteiger partial charge in [0.2, 0.25) is 0 Å². The molecule has 1 aliphatic rings. The lowest BCUT2D eigenvalue weighted by molar-refractivity contribution is 0.210. The average Bonchev–Trinajstić information content (AvgIpc) is 2.40. The molecular formula is C13H24BF3N-. The number of nitrogens with zero attached hydrogens (tertiary/aromatic N) is 1. The second-order valence-electron chi connectivity index (χ2n) is 6.50. The van der Waals surface area contributed by atoms with Gasteiger partial charge in [-0.15, -0.1) is 12.1 Å². The van der Waals surface area contributed by atoms with Crippen molar-refractivity contribution in [3.63, 3.8) is 0 Å². The van der Waals surface area contributed by atoms with Crippen LogP contribution < -0.4 is 0 Å². The molecule has 1 atom stereocenters. The van der Waals surface area contributed by atoms with Gasteiger partial charge in [0.15, 0.2) is 0 Å². The van der Waals surface area contributed by atoms with Crippen LogP contribution in [0.1, 0.15) is 40.0 Å². The minimum atomic E-state index is -4.88. The summed E-state index contributed by atoms with van der Waals surface area (Å²) in [6, 6.07) is 0. The summed E-state index contributed by atoms with van der Waals surface area (Å²) in [5.41, 5.74) is -0.315. The number of rotatable bonds is 3. The van der Waals surface area contributed by atoms with Crippen LogP contribution in [0.3, 0.4) is 0 Å². The number of halogens is 3. The second-order valence-corrected chi connectivity index (χ2v) is 6.50. The van der Waals surface area contributed by atoms with Crippen LogP contribution in [0.5, 0.6) is 0 Å². The van der Waals surface area contributed by atoms with Crippen molar-refractivity contribution in [2.24, 2.45) is 11.3 Å². The standard InChI is InChI=1S/C13H24BF3N/c1-11(14(15,16)17)10-18-8-5-6-12(7-9-18)13(2,3)4/h12H,1,5-10H2,2-4H3/q-1. The molecule has 0 aliphatic carbocycles. The molecule has 0 aromatic heterocycles. The van der Waals surface area contributed by atoms with Gasteiger partial charge < -0.3 is 17.8 Å². The largest absolute Gasteiger partial charge is 0.506 e. The molecule has 0 N–H and O–H groups in total. The minimum absolute atomic E-state index is 0.0135. The van der Waals surface area contributed by atoms with E-state index in [9.17, 15) is 12.9 Å². The third kappa shape index (κ3) is 4.67. The predicted molar refractivity (Wildman–Crippen MR) is 71.5 cm³/mol. The van der Waals surface area contributed by atoms with Crippen LogP contribution in [0.15, 0.2) is 12.1 Å². The summed E-state index contributed by atoms with van der Waals surface area (Å²) < 4.78 is 37.5. The quantitative estimate of drug-likeness (QED) is 0.693. The SMILES string of the molecule is C=C(CN1CCCC(C(C)(C)C)CC1)[B-](F)(F)F. The lowest BCUT2D eigenvalue weighted by Crippen LogP contribution is -2.33. The summed E-state index contributed by atoms with van der Waals surface area (Å²) in [4.78, 5) is 1.91. The molecule has 0 bridgehead atoms. The first-order valence-corrected chi connectivity index (χ1v) is 6.70. The Hall–Kier alpha value is -0.445. The highest BCUT2D eigenvalue weighted by molar-refractivity contribution is 6.66. The lowest BCUT2D eigenvalue weighted by Gasteiger charge is -2.30. The topological polar surface area (TPSA) is 3.24 Å². The summed E-state index contributed by atoms with van der Waals surface area (Å²) in [6.07, 6.45) is 3.09. The normalized spacial score (nSPS) is 23.8. The maximum atomic E-state index is 12.5. The van der Waals surface area contributed by atoms with Crippen LogP contribution >= 0.6 is 0 Å². The Balaban J connectivity index is 2.50.